The van der Waals surface area contributed by atoms with Crippen molar-refractivity contribution in [2.75, 3.05) is 6.61 Å². The number of hydrogen-bond donors (Lipinski definition) is 3. The number of rotatable bonds is 2. The monoisotopic (exact) mass is 346 g/mol. The molecule has 0 radical (unpaired) electrons. The molecule has 3 saturated carbocycles. The highest BCUT2D eigenvalue weighted by atomic mass is 16.3. The molecule has 0 spiro atoms. The molecule has 0 unspecified atom stereocenters. The Labute approximate surface area is 149 Å². The van der Waals surface area contributed by atoms with Gasteiger partial charge in [-0.2, -0.15) is 0 Å². The fraction of sp³-hybridized carbons (Fsp3) is 0.762. The van der Waals surface area contributed by atoms with Crippen LogP contribution in [0.2, 0.25) is 0 Å². The number of fused-ring (bicyclic) bond motifs is 5. The van der Waals surface area contributed by atoms with E-state index in [-0.39, 0.29) is 17.4 Å². The molecule has 4 rings (SSSR count). The molecule has 6 atom stereocenters. The van der Waals surface area contributed by atoms with E-state index in [1.807, 2.05) is 6.92 Å². The Bertz CT molecular complexity index is 665. The van der Waals surface area contributed by atoms with Crippen molar-refractivity contribution in [1.82, 2.24) is 0 Å². The van der Waals surface area contributed by atoms with Gasteiger partial charge in [0, 0.05) is 5.41 Å². The van der Waals surface area contributed by atoms with E-state index in [2.05, 4.69) is 19.1 Å². The largest absolute Gasteiger partial charge is 0.393 e. The van der Waals surface area contributed by atoms with Crippen molar-refractivity contribution in [2.45, 2.75) is 70.5 Å². The van der Waals surface area contributed by atoms with Gasteiger partial charge in [-0.25, -0.2) is 0 Å². The SMILES string of the molecule is C[C@]12CC[C@H](O)CC1=CC=C1[C@@H]2CC[C@@]2(C)[C@H]1CC[C@@]2(O)C(=O)CO. The van der Waals surface area contributed by atoms with Crippen molar-refractivity contribution >= 4 is 5.78 Å². The van der Waals surface area contributed by atoms with Crippen LogP contribution in [0.3, 0.4) is 0 Å². The maximum absolute atomic E-state index is 12.3. The number of ketones is 1. The molecule has 0 amide bonds. The average molecular weight is 346 g/mol. The van der Waals surface area contributed by atoms with Gasteiger partial charge >= 0.3 is 0 Å². The Morgan fingerprint density at radius 1 is 1.12 bits per heavy atom. The second-order valence-electron chi connectivity index (χ2n) is 9.21. The zero-order valence-electron chi connectivity index (χ0n) is 15.3. The topological polar surface area (TPSA) is 77.8 Å². The van der Waals surface area contributed by atoms with Crippen LogP contribution in [-0.4, -0.2) is 39.4 Å². The van der Waals surface area contributed by atoms with Gasteiger partial charge in [0.15, 0.2) is 5.78 Å². The lowest BCUT2D eigenvalue weighted by Gasteiger charge is -2.55. The third kappa shape index (κ3) is 2.14. The first-order valence-corrected chi connectivity index (χ1v) is 9.72. The quantitative estimate of drug-likeness (QED) is 0.718. The Morgan fingerprint density at radius 2 is 1.84 bits per heavy atom. The lowest BCUT2D eigenvalue weighted by Crippen LogP contribution is -2.55. The fourth-order valence-corrected chi connectivity index (χ4v) is 6.59. The molecule has 3 N–H and O–H groups in total. The van der Waals surface area contributed by atoms with Crippen molar-refractivity contribution in [3.8, 4) is 0 Å². The molecular formula is C21H30O4. The summed E-state index contributed by atoms with van der Waals surface area (Å²) in [6, 6.07) is 0. The van der Waals surface area contributed by atoms with Crippen LogP contribution in [0.5, 0.6) is 0 Å². The molecule has 138 valence electrons. The van der Waals surface area contributed by atoms with Crippen molar-refractivity contribution in [3.05, 3.63) is 23.3 Å². The summed E-state index contributed by atoms with van der Waals surface area (Å²) in [5.41, 5.74) is 0.977. The van der Waals surface area contributed by atoms with Crippen molar-refractivity contribution in [1.29, 1.82) is 0 Å². The number of aliphatic hydroxyl groups excluding tert-OH is 2. The van der Waals surface area contributed by atoms with Crippen LogP contribution in [0.25, 0.3) is 0 Å². The van der Waals surface area contributed by atoms with E-state index in [9.17, 15) is 20.1 Å². The normalized spacial score (nSPS) is 48.8. The van der Waals surface area contributed by atoms with Gasteiger partial charge in [-0.05, 0) is 62.2 Å². The molecule has 0 aromatic rings. The highest BCUT2D eigenvalue weighted by Crippen LogP contribution is 2.65. The summed E-state index contributed by atoms with van der Waals surface area (Å²) in [5, 5.41) is 30.6. The van der Waals surface area contributed by atoms with Gasteiger partial charge in [0.05, 0.1) is 6.10 Å². The van der Waals surface area contributed by atoms with Crippen LogP contribution in [0, 0.1) is 22.7 Å². The molecule has 4 aliphatic rings. The van der Waals surface area contributed by atoms with E-state index in [1.54, 1.807) is 0 Å². The number of Topliss-reactive ketones (excluding diaryl/α,β-unsaturated/α-hetero) is 1. The van der Waals surface area contributed by atoms with Crippen LogP contribution < -0.4 is 0 Å². The summed E-state index contributed by atoms with van der Waals surface area (Å²) in [6.07, 6.45) is 9.86. The van der Waals surface area contributed by atoms with Crippen LogP contribution in [0.1, 0.15) is 58.8 Å². The van der Waals surface area contributed by atoms with Gasteiger partial charge in [-0.3, -0.25) is 4.79 Å². The van der Waals surface area contributed by atoms with E-state index < -0.39 is 23.4 Å². The van der Waals surface area contributed by atoms with E-state index in [0.29, 0.717) is 12.3 Å². The van der Waals surface area contributed by atoms with Crippen LogP contribution in [0.4, 0.5) is 0 Å². The van der Waals surface area contributed by atoms with E-state index in [1.165, 1.54) is 11.1 Å². The van der Waals surface area contributed by atoms with E-state index >= 15 is 0 Å². The smallest absolute Gasteiger partial charge is 0.190 e. The second-order valence-corrected chi connectivity index (χ2v) is 9.21. The maximum Gasteiger partial charge on any atom is 0.190 e. The average Bonchev–Trinajstić information content (AvgIpc) is 2.87. The molecule has 4 nitrogen and oxygen atoms in total. The highest BCUT2D eigenvalue weighted by molar-refractivity contribution is 5.89. The molecule has 4 heteroatoms. The minimum atomic E-state index is -1.40. The van der Waals surface area contributed by atoms with Crippen molar-refractivity contribution < 1.29 is 20.1 Å². The first-order valence-electron chi connectivity index (χ1n) is 9.72. The number of carbonyl (C=O) groups is 1. The zero-order valence-corrected chi connectivity index (χ0v) is 15.3. The van der Waals surface area contributed by atoms with Gasteiger partial charge < -0.3 is 15.3 Å². The lowest BCUT2D eigenvalue weighted by atomic mass is 9.50. The van der Waals surface area contributed by atoms with Crippen LogP contribution in [-0.2, 0) is 4.79 Å². The highest BCUT2D eigenvalue weighted by Gasteiger charge is 2.64. The Kier molecular flexibility index (Phi) is 3.85. The molecule has 0 aromatic carbocycles. The summed E-state index contributed by atoms with van der Waals surface area (Å²) in [5.74, 6) is 0.230. The van der Waals surface area contributed by atoms with Gasteiger partial charge in [0.2, 0.25) is 0 Å². The summed E-state index contributed by atoms with van der Waals surface area (Å²) in [6.45, 7) is 3.80. The summed E-state index contributed by atoms with van der Waals surface area (Å²) in [4.78, 5) is 12.3. The summed E-state index contributed by atoms with van der Waals surface area (Å²) in [7, 11) is 0. The van der Waals surface area contributed by atoms with Gasteiger partial charge in [0.1, 0.15) is 12.2 Å². The third-order valence-electron chi connectivity index (χ3n) is 8.30. The molecule has 0 saturated heterocycles. The minimum absolute atomic E-state index is 0.104. The predicted molar refractivity (Wildman–Crippen MR) is 94.7 cm³/mol. The molecule has 0 aliphatic heterocycles. The predicted octanol–water partition coefficient (Wildman–Crippen LogP) is 2.52. The molecule has 0 bridgehead atoms. The van der Waals surface area contributed by atoms with Gasteiger partial charge in [-0.15, -0.1) is 0 Å². The van der Waals surface area contributed by atoms with Crippen LogP contribution >= 0.6 is 0 Å². The number of aliphatic hydroxyl groups is 3. The summed E-state index contributed by atoms with van der Waals surface area (Å²) >= 11 is 0. The Balaban J connectivity index is 1.73. The second kappa shape index (κ2) is 5.51. The maximum atomic E-state index is 12.3. The molecule has 3 fully saturated rings. The first kappa shape index (κ1) is 17.4. The van der Waals surface area contributed by atoms with Crippen LogP contribution in [0.15, 0.2) is 23.3 Å². The fourth-order valence-electron chi connectivity index (χ4n) is 6.59. The van der Waals surface area contributed by atoms with Crippen molar-refractivity contribution in [2.24, 2.45) is 22.7 Å². The number of hydrogen-bond acceptors (Lipinski definition) is 4. The van der Waals surface area contributed by atoms with Gasteiger partial charge in [0.25, 0.3) is 0 Å². The molecule has 0 heterocycles. The third-order valence-corrected chi connectivity index (χ3v) is 8.30. The number of carbonyl (C=O) groups excluding carboxylic acids is 1. The van der Waals surface area contributed by atoms with Crippen molar-refractivity contribution in [3.63, 3.8) is 0 Å². The number of allylic oxidation sites excluding steroid dienone is 3. The van der Waals surface area contributed by atoms with E-state index in [0.717, 1.165) is 38.5 Å². The molecular weight excluding hydrogens is 316 g/mol. The summed E-state index contributed by atoms with van der Waals surface area (Å²) < 4.78 is 0. The minimum Gasteiger partial charge on any atom is -0.393 e. The van der Waals surface area contributed by atoms with E-state index in [4.69, 9.17) is 0 Å². The zero-order chi connectivity index (χ0) is 18.0. The first-order chi connectivity index (χ1) is 11.8. The molecule has 0 aromatic heterocycles. The molecule has 25 heavy (non-hydrogen) atoms. The Hall–Kier alpha value is -0.970. The van der Waals surface area contributed by atoms with Gasteiger partial charge in [-0.1, -0.05) is 37.1 Å². The molecule has 4 aliphatic carbocycles. The Morgan fingerprint density at radius 3 is 2.56 bits per heavy atom. The lowest BCUT2D eigenvalue weighted by molar-refractivity contribution is -0.156. The standard InChI is InChI=1S/C21H30O4/c1-19-8-5-14(23)11-13(19)3-4-15-16(19)6-9-20(2)17(15)7-10-21(20,25)18(24)12-22/h3-4,14,16-17,22-23,25H,5-12H2,1-2H3/t14-,16-,17-,19-,20-,21+/m0/s1.